The van der Waals surface area contributed by atoms with Crippen LogP contribution in [0.4, 0.5) is 0 Å². The number of hydrogen-bond donors (Lipinski definition) is 1. The molecule has 0 aliphatic carbocycles. The zero-order valence-electron chi connectivity index (χ0n) is 10.1. The first kappa shape index (κ1) is 12.8. The Morgan fingerprint density at radius 1 is 1.53 bits per heavy atom. The Bertz CT molecular complexity index is 219. The Morgan fingerprint density at radius 3 is 2.80 bits per heavy atom. The van der Waals surface area contributed by atoms with Crippen molar-refractivity contribution in [2.24, 2.45) is 16.8 Å². The molecule has 1 heterocycles. The summed E-state index contributed by atoms with van der Waals surface area (Å²) in [6.07, 6.45) is 0. The molecule has 0 amide bonds. The van der Waals surface area contributed by atoms with Crippen LogP contribution < -0.4 is 5.32 Å². The number of ether oxygens (including phenoxy) is 1. The highest BCUT2D eigenvalue weighted by Gasteiger charge is 2.22. The molecule has 0 spiro atoms. The fraction of sp³-hybridized carbons (Fsp3) is 0.909. The fourth-order valence-corrected chi connectivity index (χ4v) is 2.46. The van der Waals surface area contributed by atoms with Crippen molar-refractivity contribution >= 4 is 16.9 Å². The van der Waals surface area contributed by atoms with Crippen LogP contribution in [0.1, 0.15) is 20.8 Å². The first-order chi connectivity index (χ1) is 7.13. The summed E-state index contributed by atoms with van der Waals surface area (Å²) >= 11 is 1.88. The SMILES string of the molecule is COCC(C)CNC1=NCC(C(C)C)S1. The standard InChI is InChI=1S/C11H22N2OS/c1-8(2)10-6-13-11(15-10)12-5-9(3)7-14-4/h8-10H,5-7H2,1-4H3,(H,12,13). The lowest BCUT2D eigenvalue weighted by atomic mass is 10.1. The second-order valence-electron chi connectivity index (χ2n) is 4.49. The number of nitrogens with zero attached hydrogens (tertiary/aromatic N) is 1. The predicted molar refractivity (Wildman–Crippen MR) is 67.6 cm³/mol. The lowest BCUT2D eigenvalue weighted by molar-refractivity contribution is 0.161. The Kier molecular flexibility index (Phi) is 5.47. The highest BCUT2D eigenvalue weighted by molar-refractivity contribution is 8.14. The van der Waals surface area contributed by atoms with E-state index in [1.54, 1.807) is 7.11 Å². The fourth-order valence-electron chi connectivity index (χ4n) is 1.44. The number of methoxy groups -OCH3 is 1. The van der Waals surface area contributed by atoms with Crippen LogP contribution in [0, 0.1) is 11.8 Å². The van der Waals surface area contributed by atoms with Gasteiger partial charge in [0.25, 0.3) is 0 Å². The lowest BCUT2D eigenvalue weighted by Crippen LogP contribution is -2.27. The zero-order chi connectivity index (χ0) is 11.3. The lowest BCUT2D eigenvalue weighted by Gasteiger charge is -2.14. The molecular weight excluding hydrogens is 208 g/mol. The molecule has 0 radical (unpaired) electrons. The Labute approximate surface area is 97.1 Å². The van der Waals surface area contributed by atoms with Crippen molar-refractivity contribution in [3.05, 3.63) is 0 Å². The van der Waals surface area contributed by atoms with Crippen LogP contribution in [0.25, 0.3) is 0 Å². The van der Waals surface area contributed by atoms with E-state index < -0.39 is 0 Å². The number of thioether (sulfide) groups is 1. The van der Waals surface area contributed by atoms with E-state index in [4.69, 9.17) is 4.74 Å². The van der Waals surface area contributed by atoms with Gasteiger partial charge in [0, 0.05) is 18.9 Å². The van der Waals surface area contributed by atoms with Gasteiger partial charge in [0.2, 0.25) is 0 Å². The van der Waals surface area contributed by atoms with Gasteiger partial charge in [0.15, 0.2) is 5.17 Å². The van der Waals surface area contributed by atoms with Crippen molar-refractivity contribution in [2.75, 3.05) is 26.8 Å². The molecule has 1 N–H and O–H groups in total. The molecule has 1 aliphatic rings. The zero-order valence-corrected chi connectivity index (χ0v) is 10.9. The summed E-state index contributed by atoms with van der Waals surface area (Å²) in [7, 11) is 1.74. The molecule has 0 bridgehead atoms. The molecule has 0 aromatic heterocycles. The summed E-state index contributed by atoms with van der Waals surface area (Å²) in [6, 6.07) is 0. The van der Waals surface area contributed by atoms with E-state index in [1.165, 1.54) is 0 Å². The molecular formula is C11H22N2OS. The van der Waals surface area contributed by atoms with Crippen LogP contribution in [-0.2, 0) is 4.74 Å². The molecule has 88 valence electrons. The number of hydrogen-bond acceptors (Lipinski definition) is 4. The Morgan fingerprint density at radius 2 is 2.27 bits per heavy atom. The first-order valence-corrected chi connectivity index (χ1v) is 6.45. The molecule has 3 nitrogen and oxygen atoms in total. The highest BCUT2D eigenvalue weighted by Crippen LogP contribution is 2.25. The number of aliphatic imine (C=N–C) groups is 1. The van der Waals surface area contributed by atoms with Gasteiger partial charge in [-0.15, -0.1) is 0 Å². The second-order valence-corrected chi connectivity index (χ2v) is 5.72. The minimum absolute atomic E-state index is 0.538. The van der Waals surface area contributed by atoms with Crippen molar-refractivity contribution in [2.45, 2.75) is 26.0 Å². The highest BCUT2D eigenvalue weighted by atomic mass is 32.2. The molecule has 0 fully saturated rings. The van der Waals surface area contributed by atoms with Crippen LogP contribution in [0.3, 0.4) is 0 Å². The average Bonchev–Trinajstić information content (AvgIpc) is 2.63. The largest absolute Gasteiger partial charge is 0.384 e. The van der Waals surface area contributed by atoms with E-state index in [9.17, 15) is 0 Å². The van der Waals surface area contributed by atoms with E-state index in [-0.39, 0.29) is 0 Å². The maximum Gasteiger partial charge on any atom is 0.156 e. The normalized spacial score (nSPS) is 23.0. The molecule has 2 atom stereocenters. The molecule has 0 saturated heterocycles. The van der Waals surface area contributed by atoms with Gasteiger partial charge in [-0.1, -0.05) is 32.5 Å². The van der Waals surface area contributed by atoms with Crippen LogP contribution in [0.2, 0.25) is 0 Å². The van der Waals surface area contributed by atoms with E-state index in [1.807, 2.05) is 11.8 Å². The van der Waals surface area contributed by atoms with Gasteiger partial charge in [0.1, 0.15) is 0 Å². The van der Waals surface area contributed by atoms with Gasteiger partial charge < -0.3 is 10.1 Å². The van der Waals surface area contributed by atoms with Gasteiger partial charge in [-0.25, -0.2) is 0 Å². The van der Waals surface area contributed by atoms with Crippen molar-refractivity contribution in [1.82, 2.24) is 5.32 Å². The minimum Gasteiger partial charge on any atom is -0.384 e. The van der Waals surface area contributed by atoms with Gasteiger partial charge in [-0.3, -0.25) is 4.99 Å². The van der Waals surface area contributed by atoms with Gasteiger partial charge in [-0.2, -0.15) is 0 Å². The monoisotopic (exact) mass is 230 g/mol. The number of nitrogens with one attached hydrogen (secondary N) is 1. The minimum atomic E-state index is 0.538. The molecule has 0 aromatic carbocycles. The van der Waals surface area contributed by atoms with Crippen molar-refractivity contribution in [3.63, 3.8) is 0 Å². The summed E-state index contributed by atoms with van der Waals surface area (Å²) in [4.78, 5) is 4.50. The van der Waals surface area contributed by atoms with E-state index in [0.29, 0.717) is 17.1 Å². The molecule has 1 rings (SSSR count). The maximum atomic E-state index is 5.09. The van der Waals surface area contributed by atoms with Crippen molar-refractivity contribution in [1.29, 1.82) is 0 Å². The molecule has 1 aliphatic heterocycles. The Hall–Kier alpha value is -0.220. The third-order valence-electron chi connectivity index (χ3n) is 2.47. The number of amidine groups is 1. The van der Waals surface area contributed by atoms with Crippen LogP contribution >= 0.6 is 11.8 Å². The molecule has 0 saturated carbocycles. The van der Waals surface area contributed by atoms with E-state index in [0.717, 1.165) is 24.9 Å². The summed E-state index contributed by atoms with van der Waals surface area (Å²) in [5.41, 5.74) is 0. The summed E-state index contributed by atoms with van der Waals surface area (Å²) in [5, 5.41) is 5.15. The van der Waals surface area contributed by atoms with E-state index >= 15 is 0 Å². The molecule has 4 heteroatoms. The Balaban J connectivity index is 2.19. The van der Waals surface area contributed by atoms with Gasteiger partial charge in [-0.05, 0) is 11.8 Å². The number of rotatable bonds is 5. The first-order valence-electron chi connectivity index (χ1n) is 5.57. The third-order valence-corrected chi connectivity index (χ3v) is 3.97. The summed E-state index contributed by atoms with van der Waals surface area (Å²) in [5.74, 6) is 1.24. The van der Waals surface area contributed by atoms with Crippen LogP contribution in [0.5, 0.6) is 0 Å². The van der Waals surface area contributed by atoms with Crippen LogP contribution in [0.15, 0.2) is 4.99 Å². The second kappa shape index (κ2) is 6.38. The molecule has 2 unspecified atom stereocenters. The topological polar surface area (TPSA) is 33.6 Å². The quantitative estimate of drug-likeness (QED) is 0.784. The van der Waals surface area contributed by atoms with Gasteiger partial charge in [0.05, 0.1) is 13.2 Å². The van der Waals surface area contributed by atoms with Gasteiger partial charge >= 0.3 is 0 Å². The maximum absolute atomic E-state index is 5.09. The van der Waals surface area contributed by atoms with Crippen molar-refractivity contribution in [3.8, 4) is 0 Å². The van der Waals surface area contributed by atoms with Crippen molar-refractivity contribution < 1.29 is 4.74 Å². The van der Waals surface area contributed by atoms with Crippen LogP contribution in [-0.4, -0.2) is 37.2 Å². The smallest absolute Gasteiger partial charge is 0.156 e. The summed E-state index contributed by atoms with van der Waals surface area (Å²) in [6.45, 7) is 9.40. The van der Waals surface area contributed by atoms with E-state index in [2.05, 4.69) is 31.1 Å². The molecule has 15 heavy (non-hydrogen) atoms. The molecule has 0 aromatic rings. The summed E-state index contributed by atoms with van der Waals surface area (Å²) < 4.78 is 5.09. The predicted octanol–water partition coefficient (Wildman–Crippen LogP) is 1.99. The average molecular weight is 230 g/mol. The third kappa shape index (κ3) is 4.43.